The van der Waals surface area contributed by atoms with E-state index in [1.54, 1.807) is 21.3 Å². The van der Waals surface area contributed by atoms with E-state index in [0.717, 1.165) is 24.4 Å². The fraction of sp³-hybridized carbons (Fsp3) is 0.667. The number of hydrogen-bond acceptors (Lipinski definition) is 5. The van der Waals surface area contributed by atoms with Crippen molar-refractivity contribution in [2.75, 3.05) is 41.0 Å². The Labute approximate surface area is 139 Å². The molecule has 2 atom stereocenters. The maximum Gasteiger partial charge on any atom is 0.203 e. The van der Waals surface area contributed by atoms with Gasteiger partial charge < -0.3 is 14.2 Å². The molecule has 0 amide bonds. The summed E-state index contributed by atoms with van der Waals surface area (Å²) in [6.07, 6.45) is 2.66. The van der Waals surface area contributed by atoms with Crippen LogP contribution in [0.25, 0.3) is 0 Å². The molecule has 1 aromatic carbocycles. The van der Waals surface area contributed by atoms with Gasteiger partial charge in [0.1, 0.15) is 0 Å². The highest BCUT2D eigenvalue weighted by Crippen LogP contribution is 2.40. The van der Waals surface area contributed by atoms with E-state index in [9.17, 15) is 0 Å². The fourth-order valence-electron chi connectivity index (χ4n) is 4.11. The molecular formula is C18H28N2O3. The molecule has 0 saturated carbocycles. The van der Waals surface area contributed by atoms with Gasteiger partial charge in [0.2, 0.25) is 5.75 Å². The van der Waals surface area contributed by atoms with Crippen molar-refractivity contribution in [2.24, 2.45) is 0 Å². The van der Waals surface area contributed by atoms with Crippen LogP contribution in [0.1, 0.15) is 25.3 Å². The third-order valence-corrected chi connectivity index (χ3v) is 5.38. The molecule has 128 valence electrons. The van der Waals surface area contributed by atoms with Gasteiger partial charge in [-0.05, 0) is 32.4 Å². The first-order valence-electron chi connectivity index (χ1n) is 8.45. The Kier molecular flexibility index (Phi) is 4.97. The quantitative estimate of drug-likeness (QED) is 0.832. The highest BCUT2D eigenvalue weighted by Gasteiger charge is 2.36. The van der Waals surface area contributed by atoms with Crippen LogP contribution in [0, 0.1) is 0 Å². The molecule has 0 aliphatic carbocycles. The average Bonchev–Trinajstić information content (AvgIpc) is 3.06. The second-order valence-corrected chi connectivity index (χ2v) is 6.45. The Morgan fingerprint density at radius 3 is 2.48 bits per heavy atom. The van der Waals surface area contributed by atoms with Crippen molar-refractivity contribution >= 4 is 0 Å². The summed E-state index contributed by atoms with van der Waals surface area (Å²) in [4.78, 5) is 5.21. The van der Waals surface area contributed by atoms with Crippen LogP contribution in [0.15, 0.2) is 12.1 Å². The third kappa shape index (κ3) is 3.00. The maximum absolute atomic E-state index is 5.63. The van der Waals surface area contributed by atoms with Gasteiger partial charge in [0, 0.05) is 37.3 Å². The molecule has 2 aliphatic heterocycles. The summed E-state index contributed by atoms with van der Waals surface area (Å²) < 4.78 is 16.5. The fourth-order valence-corrected chi connectivity index (χ4v) is 4.11. The molecule has 0 radical (unpaired) electrons. The van der Waals surface area contributed by atoms with E-state index in [2.05, 4.69) is 22.8 Å². The van der Waals surface area contributed by atoms with Gasteiger partial charge in [-0.1, -0.05) is 6.07 Å². The van der Waals surface area contributed by atoms with Gasteiger partial charge >= 0.3 is 0 Å². The van der Waals surface area contributed by atoms with Gasteiger partial charge in [-0.2, -0.15) is 0 Å². The topological polar surface area (TPSA) is 34.2 Å². The molecule has 5 nitrogen and oxygen atoms in total. The van der Waals surface area contributed by atoms with E-state index in [4.69, 9.17) is 14.2 Å². The molecule has 2 heterocycles. The number of nitrogens with zero attached hydrogens (tertiary/aromatic N) is 2. The molecule has 3 rings (SSSR count). The summed E-state index contributed by atoms with van der Waals surface area (Å²) in [6.45, 7) is 6.78. The van der Waals surface area contributed by atoms with Crippen molar-refractivity contribution in [1.82, 2.24) is 9.80 Å². The lowest BCUT2D eigenvalue weighted by Crippen LogP contribution is -2.55. The predicted octanol–water partition coefficient (Wildman–Crippen LogP) is 2.38. The first kappa shape index (κ1) is 16.4. The average molecular weight is 320 g/mol. The van der Waals surface area contributed by atoms with Crippen molar-refractivity contribution < 1.29 is 14.2 Å². The second-order valence-electron chi connectivity index (χ2n) is 6.45. The molecule has 23 heavy (non-hydrogen) atoms. The summed E-state index contributed by atoms with van der Waals surface area (Å²) in [5.41, 5.74) is 1.16. The molecule has 0 aromatic heterocycles. The van der Waals surface area contributed by atoms with E-state index in [1.807, 2.05) is 6.07 Å². The first-order valence-corrected chi connectivity index (χ1v) is 8.45. The highest BCUT2D eigenvalue weighted by molar-refractivity contribution is 5.55. The highest BCUT2D eigenvalue weighted by atomic mass is 16.5. The number of methoxy groups -OCH3 is 3. The van der Waals surface area contributed by atoms with Crippen molar-refractivity contribution in [2.45, 2.75) is 38.4 Å². The van der Waals surface area contributed by atoms with Gasteiger partial charge in [-0.3, -0.25) is 9.80 Å². The number of benzene rings is 1. The zero-order valence-corrected chi connectivity index (χ0v) is 14.7. The first-order chi connectivity index (χ1) is 11.2. The smallest absolute Gasteiger partial charge is 0.203 e. The van der Waals surface area contributed by atoms with Crippen LogP contribution in [0.3, 0.4) is 0 Å². The Balaban J connectivity index is 1.82. The summed E-state index contributed by atoms with van der Waals surface area (Å²) in [6, 6.07) is 5.33. The molecule has 1 aromatic rings. The zero-order chi connectivity index (χ0) is 16.4. The van der Waals surface area contributed by atoms with Gasteiger partial charge in [0.15, 0.2) is 11.5 Å². The van der Waals surface area contributed by atoms with Crippen LogP contribution in [0.5, 0.6) is 17.2 Å². The van der Waals surface area contributed by atoms with Crippen LogP contribution in [-0.2, 0) is 6.54 Å². The van der Waals surface area contributed by atoms with Crippen LogP contribution in [-0.4, -0.2) is 62.8 Å². The zero-order valence-electron chi connectivity index (χ0n) is 14.7. The molecule has 0 bridgehead atoms. The van der Waals surface area contributed by atoms with E-state index >= 15 is 0 Å². The van der Waals surface area contributed by atoms with Gasteiger partial charge in [-0.25, -0.2) is 0 Å². The van der Waals surface area contributed by atoms with E-state index in [0.29, 0.717) is 23.6 Å². The minimum absolute atomic E-state index is 0.573. The Bertz CT molecular complexity index is 549. The van der Waals surface area contributed by atoms with Crippen molar-refractivity contribution in [1.29, 1.82) is 0 Å². The molecule has 2 saturated heterocycles. The van der Waals surface area contributed by atoms with Crippen LogP contribution in [0.4, 0.5) is 0 Å². The number of hydrogen-bond donors (Lipinski definition) is 0. The summed E-state index contributed by atoms with van der Waals surface area (Å²) in [5.74, 6) is 2.18. The Hall–Kier alpha value is -1.46. The molecule has 0 N–H and O–H groups in total. The maximum atomic E-state index is 5.63. The van der Waals surface area contributed by atoms with Crippen molar-refractivity contribution in [3.05, 3.63) is 17.7 Å². The number of piperazine rings is 1. The van der Waals surface area contributed by atoms with Gasteiger partial charge in [0.25, 0.3) is 0 Å². The normalized spacial score (nSPS) is 25.2. The lowest BCUT2D eigenvalue weighted by Gasteiger charge is -2.43. The number of rotatable bonds is 5. The summed E-state index contributed by atoms with van der Waals surface area (Å²) >= 11 is 0. The van der Waals surface area contributed by atoms with Crippen LogP contribution in [0.2, 0.25) is 0 Å². The van der Waals surface area contributed by atoms with E-state index in [1.165, 1.54) is 25.9 Å². The molecule has 0 spiro atoms. The van der Waals surface area contributed by atoms with Crippen LogP contribution < -0.4 is 14.2 Å². The third-order valence-electron chi connectivity index (χ3n) is 5.38. The minimum Gasteiger partial charge on any atom is -0.493 e. The summed E-state index contributed by atoms with van der Waals surface area (Å²) in [7, 11) is 5.00. The minimum atomic E-state index is 0.573. The number of fused-ring (bicyclic) bond motifs is 1. The monoisotopic (exact) mass is 320 g/mol. The van der Waals surface area contributed by atoms with E-state index < -0.39 is 0 Å². The molecule has 2 fully saturated rings. The molecular weight excluding hydrogens is 292 g/mol. The van der Waals surface area contributed by atoms with E-state index in [-0.39, 0.29) is 0 Å². The largest absolute Gasteiger partial charge is 0.493 e. The standard InChI is InChI=1S/C18H28N2O3/c1-13-15-6-5-9-19(15)10-11-20(13)12-14-7-8-16(21-2)18(23-4)17(14)22-3/h7-8,13,15H,5-6,9-12H2,1-4H3/t13-,15+/m0/s1. The molecule has 0 unspecified atom stereocenters. The van der Waals surface area contributed by atoms with Gasteiger partial charge in [-0.15, -0.1) is 0 Å². The molecule has 2 aliphatic rings. The van der Waals surface area contributed by atoms with Crippen LogP contribution >= 0.6 is 0 Å². The predicted molar refractivity (Wildman–Crippen MR) is 90.6 cm³/mol. The lowest BCUT2D eigenvalue weighted by molar-refractivity contribution is 0.0465. The SMILES string of the molecule is COc1ccc(CN2CCN3CCC[C@@H]3[C@@H]2C)c(OC)c1OC. The number of ether oxygens (including phenoxy) is 3. The van der Waals surface area contributed by atoms with Crippen molar-refractivity contribution in [3.63, 3.8) is 0 Å². The Morgan fingerprint density at radius 2 is 1.78 bits per heavy atom. The molecule has 5 heteroatoms. The Morgan fingerprint density at radius 1 is 1.00 bits per heavy atom. The van der Waals surface area contributed by atoms with Crippen molar-refractivity contribution in [3.8, 4) is 17.2 Å². The van der Waals surface area contributed by atoms with Gasteiger partial charge in [0.05, 0.1) is 21.3 Å². The second kappa shape index (κ2) is 6.97. The lowest BCUT2D eigenvalue weighted by atomic mass is 10.0. The summed E-state index contributed by atoms with van der Waals surface area (Å²) in [5, 5.41) is 0.